The van der Waals surface area contributed by atoms with Crippen molar-refractivity contribution in [2.75, 3.05) is 6.61 Å². The molecule has 4 heteroatoms. The Morgan fingerprint density at radius 2 is 0.736 bits per heavy atom. The zero-order valence-corrected chi connectivity index (χ0v) is 36.1. The second-order valence-corrected chi connectivity index (χ2v) is 16.5. The van der Waals surface area contributed by atoms with Crippen LogP contribution in [0.1, 0.15) is 264 Å². The van der Waals surface area contributed by atoms with Gasteiger partial charge in [-0.25, -0.2) is 0 Å². The van der Waals surface area contributed by atoms with Crippen LogP contribution in [-0.4, -0.2) is 34.9 Å². The Hall–Kier alpha value is -1.13. The van der Waals surface area contributed by atoms with Crippen LogP contribution < -0.4 is 5.32 Å². The first-order valence-electron chi connectivity index (χ1n) is 24.1. The number of aliphatic hydroxyl groups is 2. The molecule has 0 aliphatic carbocycles. The molecule has 0 aromatic rings. The third kappa shape index (κ3) is 41.9. The summed E-state index contributed by atoms with van der Waals surface area (Å²) in [4.78, 5) is 12.4. The average Bonchev–Trinajstić information content (AvgIpc) is 3.16. The van der Waals surface area contributed by atoms with Crippen LogP contribution in [0.4, 0.5) is 0 Å². The van der Waals surface area contributed by atoms with Crippen LogP contribution in [0.2, 0.25) is 0 Å². The van der Waals surface area contributed by atoms with Gasteiger partial charge in [-0.3, -0.25) is 4.79 Å². The summed E-state index contributed by atoms with van der Waals surface area (Å²) in [5, 5.41) is 23.0. The highest BCUT2D eigenvalue weighted by Gasteiger charge is 2.17. The number of aliphatic hydroxyl groups excluding tert-OH is 2. The largest absolute Gasteiger partial charge is 0.394 e. The Morgan fingerprint density at radius 1 is 0.434 bits per heavy atom. The minimum Gasteiger partial charge on any atom is -0.394 e. The quantitative estimate of drug-likeness (QED) is 0.0430. The lowest BCUT2D eigenvalue weighted by molar-refractivity contribution is -0.123. The molecule has 0 saturated heterocycles. The van der Waals surface area contributed by atoms with Gasteiger partial charge in [0, 0.05) is 6.42 Å². The summed E-state index contributed by atoms with van der Waals surface area (Å²) >= 11 is 0. The van der Waals surface area contributed by atoms with Gasteiger partial charge in [0.15, 0.2) is 0 Å². The molecular formula is C49H95NO3. The van der Waals surface area contributed by atoms with Crippen LogP contribution >= 0.6 is 0 Å². The molecule has 3 N–H and O–H groups in total. The summed E-state index contributed by atoms with van der Waals surface area (Å²) < 4.78 is 0. The third-order valence-corrected chi connectivity index (χ3v) is 11.2. The number of amides is 1. The van der Waals surface area contributed by atoms with Gasteiger partial charge in [0.05, 0.1) is 18.8 Å². The molecule has 53 heavy (non-hydrogen) atoms. The molecule has 0 rings (SSSR count). The maximum atomic E-state index is 12.4. The molecule has 0 heterocycles. The lowest BCUT2D eigenvalue weighted by Gasteiger charge is -2.19. The summed E-state index contributed by atoms with van der Waals surface area (Å²) in [6.45, 7) is 4.31. The fourth-order valence-corrected chi connectivity index (χ4v) is 7.49. The first kappa shape index (κ1) is 51.9. The molecule has 0 aliphatic heterocycles. The van der Waals surface area contributed by atoms with Crippen molar-refractivity contribution in [2.24, 2.45) is 0 Å². The molecule has 1 amide bonds. The van der Waals surface area contributed by atoms with Crippen LogP contribution in [0.3, 0.4) is 0 Å². The molecule has 4 nitrogen and oxygen atoms in total. The summed E-state index contributed by atoms with van der Waals surface area (Å²) in [5.74, 6) is -0.0692. The fourth-order valence-electron chi connectivity index (χ4n) is 7.49. The Labute approximate surface area is 332 Å². The number of rotatable bonds is 44. The van der Waals surface area contributed by atoms with E-state index in [4.69, 9.17) is 0 Å². The minimum atomic E-state index is -0.858. The minimum absolute atomic E-state index is 0.0692. The number of allylic oxidation sites excluding steroid dienone is 3. The number of carbonyl (C=O) groups is 1. The molecule has 0 saturated carbocycles. The Bertz CT molecular complexity index is 765. The molecule has 2 atom stereocenters. The SMILES string of the molecule is CCCCCCCCCCC/C=C/CC/C=C/C(O)C(CO)NC(=O)CCCCCCCCCCCCCCCCCCCCCCCCCCCC. The van der Waals surface area contributed by atoms with Gasteiger partial charge >= 0.3 is 0 Å². The summed E-state index contributed by atoms with van der Waals surface area (Å²) in [6, 6.07) is -0.634. The van der Waals surface area contributed by atoms with Gasteiger partial charge < -0.3 is 15.5 Å². The number of hydrogen-bond acceptors (Lipinski definition) is 3. The van der Waals surface area contributed by atoms with Gasteiger partial charge in [-0.05, 0) is 32.1 Å². The molecular weight excluding hydrogens is 651 g/mol. The molecule has 0 bridgehead atoms. The van der Waals surface area contributed by atoms with E-state index in [2.05, 4.69) is 31.3 Å². The number of carbonyl (C=O) groups excluding carboxylic acids is 1. The van der Waals surface area contributed by atoms with Crippen molar-refractivity contribution in [3.63, 3.8) is 0 Å². The fraction of sp³-hybridized carbons (Fsp3) is 0.898. The number of hydrogen-bond donors (Lipinski definition) is 3. The van der Waals surface area contributed by atoms with Gasteiger partial charge in [0.25, 0.3) is 0 Å². The van der Waals surface area contributed by atoms with E-state index < -0.39 is 12.1 Å². The maximum Gasteiger partial charge on any atom is 0.220 e. The molecule has 0 spiro atoms. The van der Waals surface area contributed by atoms with Crippen molar-refractivity contribution >= 4 is 5.91 Å². The zero-order valence-electron chi connectivity index (χ0n) is 36.1. The predicted octanol–water partition coefficient (Wildman–Crippen LogP) is 15.2. The van der Waals surface area contributed by atoms with E-state index in [1.165, 1.54) is 212 Å². The average molecular weight is 746 g/mol. The highest BCUT2D eigenvalue weighted by molar-refractivity contribution is 5.76. The molecule has 2 unspecified atom stereocenters. The topological polar surface area (TPSA) is 69.6 Å². The van der Waals surface area contributed by atoms with Crippen molar-refractivity contribution in [1.82, 2.24) is 5.32 Å². The summed E-state index contributed by atoms with van der Waals surface area (Å²) in [6.07, 6.45) is 58.8. The summed E-state index contributed by atoms with van der Waals surface area (Å²) in [7, 11) is 0. The van der Waals surface area contributed by atoms with E-state index in [1.807, 2.05) is 6.08 Å². The van der Waals surface area contributed by atoms with Gasteiger partial charge in [-0.15, -0.1) is 0 Å². The maximum absolute atomic E-state index is 12.4. The molecule has 0 fully saturated rings. The summed E-state index contributed by atoms with van der Waals surface area (Å²) in [5.41, 5.74) is 0. The van der Waals surface area contributed by atoms with E-state index in [9.17, 15) is 15.0 Å². The highest BCUT2D eigenvalue weighted by atomic mass is 16.3. The zero-order chi connectivity index (χ0) is 38.6. The monoisotopic (exact) mass is 746 g/mol. The Morgan fingerprint density at radius 3 is 1.09 bits per heavy atom. The second-order valence-electron chi connectivity index (χ2n) is 16.5. The van der Waals surface area contributed by atoms with Crippen molar-refractivity contribution in [1.29, 1.82) is 0 Å². The predicted molar refractivity (Wildman–Crippen MR) is 235 cm³/mol. The molecule has 0 radical (unpaired) electrons. The first-order chi connectivity index (χ1) is 26.2. The second kappa shape index (κ2) is 45.3. The van der Waals surface area contributed by atoms with E-state index in [-0.39, 0.29) is 12.5 Å². The smallest absolute Gasteiger partial charge is 0.220 e. The molecule has 0 aromatic carbocycles. The first-order valence-corrected chi connectivity index (χ1v) is 24.1. The normalized spacial score (nSPS) is 13.1. The van der Waals surface area contributed by atoms with Crippen molar-refractivity contribution in [2.45, 2.75) is 276 Å². The number of nitrogens with one attached hydrogen (secondary N) is 1. The van der Waals surface area contributed by atoms with Crippen LogP contribution in [0, 0.1) is 0 Å². The third-order valence-electron chi connectivity index (χ3n) is 11.2. The standard InChI is InChI=1S/C49H95NO3/c1-3-5-7-9-11-13-15-17-19-20-21-22-23-24-25-26-27-28-29-31-33-35-37-39-41-43-45-49(53)50-47(46-51)48(52)44-42-40-38-36-34-32-30-18-16-14-12-10-8-6-4-2/h34,36,42,44,47-48,51-52H,3-33,35,37-41,43,45-46H2,1-2H3,(H,50,53)/b36-34+,44-42+. The van der Waals surface area contributed by atoms with Gasteiger partial charge in [0.2, 0.25) is 5.91 Å². The van der Waals surface area contributed by atoms with Crippen molar-refractivity contribution in [3.8, 4) is 0 Å². The van der Waals surface area contributed by atoms with E-state index in [1.54, 1.807) is 6.08 Å². The van der Waals surface area contributed by atoms with Crippen molar-refractivity contribution in [3.05, 3.63) is 24.3 Å². The van der Waals surface area contributed by atoms with E-state index in [0.29, 0.717) is 6.42 Å². The van der Waals surface area contributed by atoms with Gasteiger partial charge in [-0.1, -0.05) is 250 Å². The molecule has 0 aromatic heterocycles. The van der Waals surface area contributed by atoms with Crippen LogP contribution in [0.15, 0.2) is 24.3 Å². The molecule has 314 valence electrons. The number of unbranched alkanes of at least 4 members (excludes halogenated alkanes) is 35. The lowest BCUT2D eigenvalue weighted by atomic mass is 10.0. The van der Waals surface area contributed by atoms with E-state index >= 15 is 0 Å². The Balaban J connectivity index is 3.49. The lowest BCUT2D eigenvalue weighted by Crippen LogP contribution is -2.45. The Kier molecular flexibility index (Phi) is 44.3. The highest BCUT2D eigenvalue weighted by Crippen LogP contribution is 2.17. The van der Waals surface area contributed by atoms with Crippen molar-refractivity contribution < 1.29 is 15.0 Å². The van der Waals surface area contributed by atoms with E-state index in [0.717, 1.165) is 32.1 Å². The molecule has 0 aliphatic rings. The van der Waals surface area contributed by atoms with Gasteiger partial charge in [-0.2, -0.15) is 0 Å². The van der Waals surface area contributed by atoms with Crippen LogP contribution in [0.5, 0.6) is 0 Å². The van der Waals surface area contributed by atoms with Crippen LogP contribution in [0.25, 0.3) is 0 Å². The van der Waals surface area contributed by atoms with Gasteiger partial charge in [0.1, 0.15) is 0 Å². The van der Waals surface area contributed by atoms with Crippen LogP contribution in [-0.2, 0) is 4.79 Å².